The van der Waals surface area contributed by atoms with E-state index >= 15 is 0 Å². The number of carboxylic acids is 1. The van der Waals surface area contributed by atoms with Crippen LogP contribution in [0.5, 0.6) is 5.75 Å². The molecule has 1 aromatic heterocycles. The lowest BCUT2D eigenvalue weighted by molar-refractivity contribution is -0.152. The van der Waals surface area contributed by atoms with Gasteiger partial charge in [0.15, 0.2) is 5.60 Å². The third-order valence-electron chi connectivity index (χ3n) is 5.76. The molecule has 1 amide bonds. The van der Waals surface area contributed by atoms with E-state index in [4.69, 9.17) is 14.1 Å². The second-order valence-electron chi connectivity index (χ2n) is 9.20. The summed E-state index contributed by atoms with van der Waals surface area (Å²) < 4.78 is 12.7. The quantitative estimate of drug-likeness (QED) is 0.291. The number of rotatable bonds is 12. The number of aromatic nitrogens is 1. The summed E-state index contributed by atoms with van der Waals surface area (Å²) in [5.41, 5.74) is 1.98. The van der Waals surface area contributed by atoms with E-state index in [1.807, 2.05) is 48.2 Å². The number of likely N-dealkylation sites (N-methyl/N-ethyl adjacent to an activating group) is 1. The zero-order valence-corrected chi connectivity index (χ0v) is 23.1. The Morgan fingerprint density at radius 2 is 2.00 bits per heavy atom. The van der Waals surface area contributed by atoms with Crippen molar-refractivity contribution < 1.29 is 23.8 Å². The summed E-state index contributed by atoms with van der Waals surface area (Å²) >= 11 is 3.48. The first-order valence-electron chi connectivity index (χ1n) is 11.8. The van der Waals surface area contributed by atoms with E-state index < -0.39 is 11.6 Å². The number of halogens is 1. The number of aliphatic carboxylic acids is 1. The third-order valence-corrected chi connectivity index (χ3v) is 6.25. The second-order valence-corrected chi connectivity index (χ2v) is 10.1. The molecule has 0 radical (unpaired) electrons. The van der Waals surface area contributed by atoms with Gasteiger partial charge >= 0.3 is 5.97 Å². The first kappa shape index (κ1) is 28.1. The van der Waals surface area contributed by atoms with Gasteiger partial charge in [0, 0.05) is 30.2 Å². The molecule has 0 saturated carbocycles. The molecule has 0 bridgehead atoms. The van der Waals surface area contributed by atoms with Crippen molar-refractivity contribution in [3.8, 4) is 17.2 Å². The van der Waals surface area contributed by atoms with E-state index in [1.54, 1.807) is 19.2 Å². The first-order chi connectivity index (χ1) is 17.5. The molecule has 0 saturated heterocycles. The Morgan fingerprint density at radius 1 is 1.24 bits per heavy atom. The fraction of sp³-hybridized carbons (Fsp3) is 0.321. The molecule has 0 fully saturated rings. The van der Waals surface area contributed by atoms with Crippen LogP contribution >= 0.6 is 15.9 Å². The van der Waals surface area contributed by atoms with E-state index in [0.29, 0.717) is 36.9 Å². The number of allylic oxidation sites excluding steroid dienone is 1. The number of oxazole rings is 1. The topological polar surface area (TPSA) is 105 Å². The molecule has 196 valence electrons. The van der Waals surface area contributed by atoms with Crippen molar-refractivity contribution in [2.24, 2.45) is 0 Å². The zero-order valence-electron chi connectivity index (χ0n) is 21.5. The standard InChI is InChI=1S/C28H32BrN3O5/c1-6-8-20-13-19(11-12-24(20)37-28(3,4)27(34)35)15-32(17-25(33)30-5)16-23-18(2)36-26(31-23)21-9-7-10-22(29)14-21/h6-7,9-14H,1,8,15-17H2,2-5H3,(H,30,33)(H,34,35). The van der Waals surface area contributed by atoms with Crippen LogP contribution in [0, 0.1) is 6.92 Å². The Morgan fingerprint density at radius 3 is 2.65 bits per heavy atom. The number of amides is 1. The van der Waals surface area contributed by atoms with Gasteiger partial charge in [0.05, 0.1) is 12.2 Å². The van der Waals surface area contributed by atoms with Gasteiger partial charge in [-0.3, -0.25) is 9.69 Å². The molecule has 8 nitrogen and oxygen atoms in total. The van der Waals surface area contributed by atoms with Crippen molar-refractivity contribution in [3.05, 3.63) is 82.2 Å². The van der Waals surface area contributed by atoms with Crippen molar-refractivity contribution in [3.63, 3.8) is 0 Å². The summed E-state index contributed by atoms with van der Waals surface area (Å²) in [5.74, 6) is 0.513. The van der Waals surface area contributed by atoms with Gasteiger partial charge in [0.1, 0.15) is 11.5 Å². The molecule has 1 heterocycles. The van der Waals surface area contributed by atoms with Crippen molar-refractivity contribution >= 4 is 27.8 Å². The van der Waals surface area contributed by atoms with E-state index in [2.05, 4.69) is 27.8 Å². The molecule has 3 aromatic rings. The molecule has 0 aliphatic heterocycles. The minimum Gasteiger partial charge on any atom is -0.478 e. The van der Waals surface area contributed by atoms with E-state index in [9.17, 15) is 14.7 Å². The lowest BCUT2D eigenvalue weighted by atomic mass is 10.0. The fourth-order valence-corrected chi connectivity index (χ4v) is 4.10. The highest BCUT2D eigenvalue weighted by Gasteiger charge is 2.30. The van der Waals surface area contributed by atoms with Crippen LogP contribution in [0.3, 0.4) is 0 Å². The van der Waals surface area contributed by atoms with Crippen molar-refractivity contribution in [2.75, 3.05) is 13.6 Å². The Bertz CT molecular complexity index is 1280. The van der Waals surface area contributed by atoms with Gasteiger partial charge in [0.2, 0.25) is 11.8 Å². The van der Waals surface area contributed by atoms with Crippen molar-refractivity contribution in [1.29, 1.82) is 0 Å². The lowest BCUT2D eigenvalue weighted by Gasteiger charge is -2.25. The second kappa shape index (κ2) is 12.2. The van der Waals surface area contributed by atoms with Gasteiger partial charge in [0.25, 0.3) is 0 Å². The Balaban J connectivity index is 1.87. The average molecular weight is 570 g/mol. The van der Waals surface area contributed by atoms with Crippen LogP contribution in [0.2, 0.25) is 0 Å². The van der Waals surface area contributed by atoms with Crippen LogP contribution in [0.4, 0.5) is 0 Å². The van der Waals surface area contributed by atoms with Crippen LogP contribution in [-0.2, 0) is 29.1 Å². The molecule has 2 N–H and O–H groups in total. The smallest absolute Gasteiger partial charge is 0.347 e. The normalized spacial score (nSPS) is 11.4. The number of carbonyl (C=O) groups is 2. The van der Waals surface area contributed by atoms with E-state index in [0.717, 1.165) is 26.9 Å². The molecular weight excluding hydrogens is 538 g/mol. The number of nitrogens with one attached hydrogen (secondary N) is 1. The summed E-state index contributed by atoms with van der Waals surface area (Å²) in [6, 6.07) is 13.3. The summed E-state index contributed by atoms with van der Waals surface area (Å²) in [5, 5.41) is 12.1. The van der Waals surface area contributed by atoms with Crippen molar-refractivity contribution in [2.45, 2.75) is 45.9 Å². The zero-order chi connectivity index (χ0) is 27.2. The van der Waals surface area contributed by atoms with Gasteiger partial charge < -0.3 is 19.6 Å². The average Bonchev–Trinajstić information content (AvgIpc) is 3.20. The van der Waals surface area contributed by atoms with Gasteiger partial charge in [-0.1, -0.05) is 40.2 Å². The van der Waals surface area contributed by atoms with Crippen LogP contribution in [-0.4, -0.2) is 46.1 Å². The maximum Gasteiger partial charge on any atom is 0.347 e. The molecule has 0 aliphatic carbocycles. The molecular formula is C28H32BrN3O5. The van der Waals surface area contributed by atoms with Crippen LogP contribution in [0.25, 0.3) is 11.5 Å². The fourth-order valence-electron chi connectivity index (χ4n) is 3.70. The summed E-state index contributed by atoms with van der Waals surface area (Å²) in [6.07, 6.45) is 2.25. The van der Waals surface area contributed by atoms with Crippen LogP contribution in [0.1, 0.15) is 36.4 Å². The molecule has 0 unspecified atom stereocenters. The molecule has 9 heteroatoms. The highest BCUT2D eigenvalue weighted by Crippen LogP contribution is 2.28. The highest BCUT2D eigenvalue weighted by atomic mass is 79.9. The molecule has 0 atom stereocenters. The number of hydrogen-bond acceptors (Lipinski definition) is 6. The maximum atomic E-state index is 12.3. The van der Waals surface area contributed by atoms with Gasteiger partial charge in [-0.05, 0) is 62.6 Å². The Labute approximate surface area is 225 Å². The predicted molar refractivity (Wildman–Crippen MR) is 145 cm³/mol. The third kappa shape index (κ3) is 7.53. The minimum atomic E-state index is -1.38. The first-order valence-corrected chi connectivity index (χ1v) is 12.6. The predicted octanol–water partition coefficient (Wildman–Crippen LogP) is 5.13. The molecule has 37 heavy (non-hydrogen) atoms. The van der Waals surface area contributed by atoms with Gasteiger partial charge in [-0.15, -0.1) is 6.58 Å². The number of carboxylic acid groups (broad SMARTS) is 1. The lowest BCUT2D eigenvalue weighted by Crippen LogP contribution is -2.38. The summed E-state index contributed by atoms with van der Waals surface area (Å²) in [4.78, 5) is 30.5. The molecule has 2 aromatic carbocycles. The molecule has 0 spiro atoms. The number of carbonyl (C=O) groups excluding carboxylic acids is 1. The van der Waals surface area contributed by atoms with E-state index in [1.165, 1.54) is 13.8 Å². The number of aryl methyl sites for hydroxylation is 1. The number of hydrogen-bond donors (Lipinski definition) is 2. The number of ether oxygens (including phenoxy) is 1. The number of nitrogens with zero attached hydrogens (tertiary/aromatic N) is 2. The van der Waals surface area contributed by atoms with Crippen LogP contribution < -0.4 is 10.1 Å². The van der Waals surface area contributed by atoms with Gasteiger partial charge in [-0.25, -0.2) is 9.78 Å². The SMILES string of the molecule is C=CCc1cc(CN(CC(=O)NC)Cc2nc(-c3cccc(Br)c3)oc2C)ccc1OC(C)(C)C(=O)O. The maximum absolute atomic E-state index is 12.3. The minimum absolute atomic E-state index is 0.122. The monoisotopic (exact) mass is 569 g/mol. The molecule has 0 aliphatic rings. The molecule has 3 rings (SSSR count). The Hall–Kier alpha value is -3.43. The van der Waals surface area contributed by atoms with Crippen LogP contribution in [0.15, 0.2) is 64.0 Å². The highest BCUT2D eigenvalue weighted by molar-refractivity contribution is 9.10. The largest absolute Gasteiger partial charge is 0.478 e. The van der Waals surface area contributed by atoms with E-state index in [-0.39, 0.29) is 12.5 Å². The van der Waals surface area contributed by atoms with Gasteiger partial charge in [-0.2, -0.15) is 0 Å². The number of benzene rings is 2. The summed E-state index contributed by atoms with van der Waals surface area (Å²) in [7, 11) is 1.60. The Kier molecular flexibility index (Phi) is 9.29. The van der Waals surface area contributed by atoms with Crippen molar-refractivity contribution in [1.82, 2.24) is 15.2 Å². The summed E-state index contributed by atoms with van der Waals surface area (Å²) in [6.45, 7) is 9.71.